The molecule has 0 aromatic heterocycles. The third-order valence-corrected chi connectivity index (χ3v) is 5.34. The molecule has 0 amide bonds. The van der Waals surface area contributed by atoms with E-state index in [4.69, 9.17) is 11.6 Å². The van der Waals surface area contributed by atoms with E-state index in [1.807, 2.05) is 0 Å². The van der Waals surface area contributed by atoms with E-state index in [9.17, 15) is 26.3 Å². The zero-order valence-corrected chi connectivity index (χ0v) is 10.5. The Labute approximate surface area is 106 Å². The molecule has 100 valence electrons. The fourth-order valence-electron chi connectivity index (χ4n) is 2.83. The first-order valence-electron chi connectivity index (χ1n) is 4.80. The maximum atomic E-state index is 12.9. The maximum Gasteiger partial charge on any atom is 0.454 e. The van der Waals surface area contributed by atoms with E-state index in [0.717, 1.165) is 0 Å². The average Bonchev–Trinajstić information content (AvgIpc) is 2.53. The molecular formula is C8H8BrClF6N+. The predicted octanol–water partition coefficient (Wildman–Crippen LogP) is 2.19. The second kappa shape index (κ2) is 3.66. The van der Waals surface area contributed by atoms with Gasteiger partial charge in [-0.25, -0.2) is 0 Å². The van der Waals surface area contributed by atoms with Gasteiger partial charge >= 0.3 is 12.4 Å². The number of nitrogens with two attached hydrogens (primary N) is 1. The summed E-state index contributed by atoms with van der Waals surface area (Å²) in [6.07, 6.45) is -11.0. The highest BCUT2D eigenvalue weighted by Crippen LogP contribution is 2.55. The molecule has 0 spiro atoms. The largest absolute Gasteiger partial charge is 0.454 e. The molecule has 1 saturated carbocycles. The highest BCUT2D eigenvalue weighted by molar-refractivity contribution is 9.09. The van der Waals surface area contributed by atoms with Crippen molar-refractivity contribution in [2.24, 2.45) is 5.92 Å². The molecule has 1 aliphatic heterocycles. The average molecular weight is 348 g/mol. The molecule has 2 aliphatic rings. The number of rotatable bonds is 0. The minimum absolute atomic E-state index is 0.280. The van der Waals surface area contributed by atoms with Gasteiger partial charge in [-0.15, -0.1) is 11.6 Å². The second-order valence-electron chi connectivity index (χ2n) is 4.41. The molecule has 0 unspecified atom stereocenters. The Morgan fingerprint density at radius 3 is 1.82 bits per heavy atom. The summed E-state index contributed by atoms with van der Waals surface area (Å²) in [4.78, 5) is -0.867. The van der Waals surface area contributed by atoms with Crippen LogP contribution in [0.3, 0.4) is 0 Å². The number of fused-ring (bicyclic) bond motifs is 2. The Hall–Kier alpha value is 0.310. The van der Waals surface area contributed by atoms with Crippen LogP contribution in [0, 0.1) is 5.92 Å². The van der Waals surface area contributed by atoms with Gasteiger partial charge in [0.25, 0.3) is 5.54 Å². The molecule has 2 N–H and O–H groups in total. The summed E-state index contributed by atoms with van der Waals surface area (Å²) < 4.78 is 77.1. The van der Waals surface area contributed by atoms with Gasteiger partial charge in [-0.05, 0) is 6.42 Å². The smallest absolute Gasteiger partial charge is 0.321 e. The van der Waals surface area contributed by atoms with E-state index in [-0.39, 0.29) is 6.42 Å². The van der Waals surface area contributed by atoms with Crippen LogP contribution < -0.4 is 5.32 Å². The van der Waals surface area contributed by atoms with Crippen LogP contribution in [-0.2, 0) is 0 Å². The van der Waals surface area contributed by atoms with Crippen molar-refractivity contribution in [2.75, 3.05) is 0 Å². The van der Waals surface area contributed by atoms with Gasteiger partial charge in [-0.2, -0.15) is 26.3 Å². The third-order valence-electron chi connectivity index (χ3n) is 3.63. The normalized spacial score (nSPS) is 40.9. The lowest BCUT2D eigenvalue weighted by atomic mass is 9.82. The molecule has 2 bridgehead atoms. The van der Waals surface area contributed by atoms with E-state index in [1.54, 1.807) is 0 Å². The molecule has 2 rings (SSSR count). The van der Waals surface area contributed by atoms with Crippen molar-refractivity contribution >= 4 is 27.5 Å². The first-order chi connectivity index (χ1) is 7.52. The van der Waals surface area contributed by atoms with Crippen molar-refractivity contribution < 1.29 is 31.7 Å². The first-order valence-corrected chi connectivity index (χ1v) is 6.15. The van der Waals surface area contributed by atoms with Gasteiger partial charge in [0.05, 0.1) is 16.1 Å². The molecule has 0 aromatic carbocycles. The summed E-state index contributed by atoms with van der Waals surface area (Å²) in [6.45, 7) is 0. The van der Waals surface area contributed by atoms with Crippen LogP contribution in [-0.4, -0.2) is 34.1 Å². The van der Waals surface area contributed by atoms with Gasteiger partial charge in [-0.3, -0.25) is 0 Å². The van der Waals surface area contributed by atoms with Gasteiger partial charge in [0.2, 0.25) is 0 Å². The van der Waals surface area contributed by atoms with Crippen molar-refractivity contribution in [1.82, 2.24) is 0 Å². The fourth-order valence-corrected chi connectivity index (χ4v) is 4.58. The van der Waals surface area contributed by atoms with E-state index in [1.165, 1.54) is 0 Å². The Bertz CT molecular complexity index is 315. The molecular weight excluding hydrogens is 339 g/mol. The van der Waals surface area contributed by atoms with Gasteiger partial charge in [0, 0.05) is 0 Å². The van der Waals surface area contributed by atoms with Crippen LogP contribution in [0.4, 0.5) is 26.3 Å². The summed E-state index contributed by atoms with van der Waals surface area (Å²) in [5.74, 6) is -1.57. The van der Waals surface area contributed by atoms with E-state index in [2.05, 4.69) is 15.9 Å². The van der Waals surface area contributed by atoms with Crippen molar-refractivity contribution in [3.63, 3.8) is 0 Å². The molecule has 1 heterocycles. The van der Waals surface area contributed by atoms with E-state index >= 15 is 0 Å². The fraction of sp³-hybridized carbons (Fsp3) is 1.00. The predicted molar refractivity (Wildman–Crippen MR) is 51.0 cm³/mol. The van der Waals surface area contributed by atoms with Crippen LogP contribution in [0.15, 0.2) is 0 Å². The van der Waals surface area contributed by atoms with Crippen LogP contribution >= 0.6 is 27.5 Å². The standard InChI is InChI=1S/C8H7BrClF6N/c9-4-2-1-3(10)5(4)17-6(2,7(11,12)13)8(14,15)16/h2-5,17H,1H2/p+1/t2-,3+,4-,5+/m0/s1. The Balaban J connectivity index is 2.48. The first kappa shape index (κ1) is 13.7. The summed E-state index contributed by atoms with van der Waals surface area (Å²) >= 11 is 8.65. The quantitative estimate of drug-likeness (QED) is 0.511. The molecule has 1 nitrogen and oxygen atoms in total. The lowest BCUT2D eigenvalue weighted by Crippen LogP contribution is -3.07. The monoisotopic (exact) mass is 346 g/mol. The molecule has 0 aromatic rings. The molecule has 0 radical (unpaired) electrons. The number of alkyl halides is 8. The Morgan fingerprint density at radius 1 is 1.12 bits per heavy atom. The van der Waals surface area contributed by atoms with Gasteiger partial charge < -0.3 is 5.32 Å². The van der Waals surface area contributed by atoms with Gasteiger partial charge in [0.1, 0.15) is 6.04 Å². The highest BCUT2D eigenvalue weighted by Gasteiger charge is 2.85. The van der Waals surface area contributed by atoms with Crippen LogP contribution in [0.5, 0.6) is 0 Å². The molecule has 17 heavy (non-hydrogen) atoms. The summed E-state index contributed by atoms with van der Waals surface area (Å²) in [5.41, 5.74) is -3.72. The van der Waals surface area contributed by atoms with Gasteiger partial charge in [0.15, 0.2) is 0 Å². The van der Waals surface area contributed by atoms with E-state index in [0.29, 0.717) is 5.32 Å². The molecule has 1 aliphatic carbocycles. The lowest BCUT2D eigenvalue weighted by Gasteiger charge is -2.38. The van der Waals surface area contributed by atoms with Crippen molar-refractivity contribution in [2.45, 2.75) is 40.6 Å². The van der Waals surface area contributed by atoms with Crippen LogP contribution in [0.1, 0.15) is 6.42 Å². The van der Waals surface area contributed by atoms with Crippen molar-refractivity contribution in [1.29, 1.82) is 0 Å². The number of hydrogen-bond donors (Lipinski definition) is 1. The number of hydrogen-bond acceptors (Lipinski definition) is 0. The Morgan fingerprint density at radius 2 is 1.59 bits per heavy atom. The molecule has 9 heteroatoms. The zero-order valence-electron chi connectivity index (χ0n) is 8.12. The van der Waals surface area contributed by atoms with Crippen molar-refractivity contribution in [3.8, 4) is 0 Å². The van der Waals surface area contributed by atoms with E-state index < -0.39 is 40.1 Å². The summed E-state index contributed by atoms with van der Waals surface area (Å²) in [6, 6.07) is -0.898. The molecule has 4 atom stereocenters. The summed E-state index contributed by atoms with van der Waals surface area (Å²) in [7, 11) is 0. The van der Waals surface area contributed by atoms with Crippen LogP contribution in [0.25, 0.3) is 0 Å². The van der Waals surface area contributed by atoms with Crippen molar-refractivity contribution in [3.05, 3.63) is 0 Å². The summed E-state index contributed by atoms with van der Waals surface area (Å²) in [5, 5.41) is -0.319. The molecule has 2 fully saturated rings. The minimum Gasteiger partial charge on any atom is -0.321 e. The van der Waals surface area contributed by atoms with Crippen LogP contribution in [0.2, 0.25) is 0 Å². The second-order valence-corrected chi connectivity index (χ2v) is 6.03. The maximum absolute atomic E-state index is 12.9. The Kier molecular flexibility index (Phi) is 2.96. The minimum atomic E-state index is -5.34. The van der Waals surface area contributed by atoms with Gasteiger partial charge in [-0.1, -0.05) is 15.9 Å². The number of piperidine rings is 1. The number of quaternary nitrogens is 1. The highest BCUT2D eigenvalue weighted by atomic mass is 79.9. The molecule has 1 saturated heterocycles. The topological polar surface area (TPSA) is 16.6 Å². The SMILES string of the molecule is FC(F)(F)C1(C(F)(F)F)[NH2+][C@H]2[C@@H](Br)[C@@H]1C[C@H]2Cl. The zero-order chi connectivity index (χ0) is 13.2. The lowest BCUT2D eigenvalue weighted by molar-refractivity contribution is -0.794. The number of halogens is 8. The third kappa shape index (κ3) is 1.63.